The number of methoxy groups -OCH3 is 1. The molecule has 1 aromatic rings. The van der Waals surface area contributed by atoms with Gasteiger partial charge in [-0.05, 0) is 38.9 Å². The summed E-state index contributed by atoms with van der Waals surface area (Å²) in [6, 6.07) is 10.6. The van der Waals surface area contributed by atoms with Crippen molar-refractivity contribution in [3.8, 4) is 11.8 Å². The summed E-state index contributed by atoms with van der Waals surface area (Å²) >= 11 is 0. The Hall–Kier alpha value is -1.79. The van der Waals surface area contributed by atoms with Crippen molar-refractivity contribution in [3.63, 3.8) is 0 Å². The van der Waals surface area contributed by atoms with Crippen LogP contribution in [-0.4, -0.2) is 31.6 Å². The monoisotopic (exact) mass is 258 g/mol. The fourth-order valence-electron chi connectivity index (χ4n) is 1.85. The lowest BCUT2D eigenvalue weighted by molar-refractivity contribution is 0.280. The molecule has 0 spiro atoms. The van der Waals surface area contributed by atoms with Gasteiger partial charge in [0.25, 0.3) is 0 Å². The van der Waals surface area contributed by atoms with Crippen LogP contribution in [0.5, 0.6) is 5.75 Å². The van der Waals surface area contributed by atoms with E-state index < -0.39 is 0 Å². The highest BCUT2D eigenvalue weighted by Gasteiger charge is 2.11. The van der Waals surface area contributed by atoms with E-state index in [9.17, 15) is 0 Å². The number of para-hydroxylation sites is 1. The molecule has 0 bridgehead atoms. The molecule has 1 aromatic carbocycles. The number of hydrogen-bond donors (Lipinski definition) is 0. The first-order valence-corrected chi connectivity index (χ1v) is 6.47. The molecule has 0 fully saturated rings. The molecule has 1 atom stereocenters. The van der Waals surface area contributed by atoms with E-state index in [4.69, 9.17) is 10.00 Å². The van der Waals surface area contributed by atoms with Crippen LogP contribution < -0.4 is 4.74 Å². The van der Waals surface area contributed by atoms with E-state index in [0.29, 0.717) is 6.04 Å². The first-order chi connectivity index (χ1) is 9.08. The highest BCUT2D eigenvalue weighted by Crippen LogP contribution is 2.20. The smallest absolute Gasteiger partial charge is 0.122 e. The molecule has 3 nitrogen and oxygen atoms in total. The van der Waals surface area contributed by atoms with Crippen molar-refractivity contribution in [1.82, 2.24) is 4.90 Å². The minimum absolute atomic E-state index is 0.388. The second-order valence-corrected chi connectivity index (χ2v) is 4.80. The molecule has 0 heterocycles. The highest BCUT2D eigenvalue weighted by molar-refractivity contribution is 5.33. The summed E-state index contributed by atoms with van der Waals surface area (Å²) in [5, 5.41) is 8.74. The number of allylic oxidation sites excluding steroid dienone is 1. The van der Waals surface area contributed by atoms with Gasteiger partial charge in [0.1, 0.15) is 5.75 Å². The molecule has 0 aliphatic heterocycles. The van der Waals surface area contributed by atoms with Crippen molar-refractivity contribution in [1.29, 1.82) is 5.26 Å². The zero-order valence-electron chi connectivity index (χ0n) is 12.2. The van der Waals surface area contributed by atoms with Gasteiger partial charge >= 0.3 is 0 Å². The van der Waals surface area contributed by atoms with E-state index in [1.54, 1.807) is 7.11 Å². The molecule has 0 aliphatic rings. The molecule has 0 saturated heterocycles. The van der Waals surface area contributed by atoms with Gasteiger partial charge in [0.05, 0.1) is 13.2 Å². The second kappa shape index (κ2) is 7.60. The van der Waals surface area contributed by atoms with E-state index in [1.165, 1.54) is 5.56 Å². The van der Waals surface area contributed by atoms with Crippen LogP contribution in [-0.2, 0) is 6.42 Å². The van der Waals surface area contributed by atoms with E-state index in [-0.39, 0.29) is 0 Å². The molecule has 102 valence electrons. The molecular weight excluding hydrogens is 236 g/mol. The van der Waals surface area contributed by atoms with Gasteiger partial charge in [-0.2, -0.15) is 5.26 Å². The lowest BCUT2D eigenvalue weighted by atomic mass is 10.1. The average molecular weight is 258 g/mol. The minimum Gasteiger partial charge on any atom is -0.496 e. The van der Waals surface area contributed by atoms with Gasteiger partial charge < -0.3 is 4.74 Å². The number of hydrogen-bond acceptors (Lipinski definition) is 3. The third-order valence-electron chi connectivity index (χ3n) is 3.32. The summed E-state index contributed by atoms with van der Waals surface area (Å²) < 4.78 is 5.37. The van der Waals surface area contributed by atoms with Crippen LogP contribution >= 0.6 is 0 Å². The predicted molar refractivity (Wildman–Crippen MR) is 78.2 cm³/mol. The molecule has 3 heteroatoms. The summed E-state index contributed by atoms with van der Waals surface area (Å²) in [7, 11) is 3.77. The van der Waals surface area contributed by atoms with E-state index in [2.05, 4.69) is 31.0 Å². The molecule has 19 heavy (non-hydrogen) atoms. The lowest BCUT2D eigenvalue weighted by Crippen LogP contribution is -2.31. The number of nitriles is 1. The molecule has 0 N–H and O–H groups in total. The number of nitrogens with zero attached hydrogens (tertiary/aromatic N) is 2. The molecule has 1 rings (SSSR count). The molecule has 0 aliphatic carbocycles. The topological polar surface area (TPSA) is 36.3 Å². The predicted octanol–water partition coefficient (Wildman–Crippen LogP) is 3.03. The Morgan fingerprint density at radius 3 is 2.79 bits per heavy atom. The second-order valence-electron chi connectivity index (χ2n) is 4.80. The Kier molecular flexibility index (Phi) is 6.11. The Morgan fingerprint density at radius 2 is 2.16 bits per heavy atom. The van der Waals surface area contributed by atoms with Crippen molar-refractivity contribution in [3.05, 3.63) is 41.5 Å². The molecule has 0 radical (unpaired) electrons. The van der Waals surface area contributed by atoms with Gasteiger partial charge in [0.2, 0.25) is 0 Å². The zero-order valence-corrected chi connectivity index (χ0v) is 12.2. The van der Waals surface area contributed by atoms with Gasteiger partial charge in [0, 0.05) is 18.2 Å². The number of ether oxygens (including phenoxy) is 1. The molecule has 0 saturated carbocycles. The SMILES string of the molecule is COc1ccccc1CC(C)N(C)CC=C(C)C#N. The van der Waals surface area contributed by atoms with Crippen LogP contribution in [0.1, 0.15) is 19.4 Å². The van der Waals surface area contributed by atoms with Crippen LogP contribution in [0.3, 0.4) is 0 Å². The summed E-state index contributed by atoms with van der Waals surface area (Å²) in [4.78, 5) is 2.23. The number of benzene rings is 1. The van der Waals surface area contributed by atoms with Crippen molar-refractivity contribution in [2.45, 2.75) is 26.3 Å². The summed E-state index contributed by atoms with van der Waals surface area (Å²) in [5.74, 6) is 0.937. The fraction of sp³-hybridized carbons (Fsp3) is 0.438. The first kappa shape index (κ1) is 15.3. The largest absolute Gasteiger partial charge is 0.496 e. The molecule has 1 unspecified atom stereocenters. The standard InChI is InChI=1S/C16H22N2O/c1-13(12-17)9-10-18(3)14(2)11-15-7-5-6-8-16(15)19-4/h5-9,14H,10-11H2,1-4H3. The Bertz CT molecular complexity index is 474. The third-order valence-corrected chi connectivity index (χ3v) is 3.32. The van der Waals surface area contributed by atoms with E-state index in [0.717, 1.165) is 24.3 Å². The van der Waals surface area contributed by atoms with Gasteiger partial charge in [-0.15, -0.1) is 0 Å². The fourth-order valence-corrected chi connectivity index (χ4v) is 1.85. The van der Waals surface area contributed by atoms with Gasteiger partial charge in [-0.25, -0.2) is 0 Å². The van der Waals surface area contributed by atoms with E-state index in [1.807, 2.05) is 31.2 Å². The average Bonchev–Trinajstić information content (AvgIpc) is 2.44. The summed E-state index contributed by atoms with van der Waals surface area (Å²) in [6.07, 6.45) is 2.89. The summed E-state index contributed by atoms with van der Waals surface area (Å²) in [6.45, 7) is 4.80. The quantitative estimate of drug-likeness (QED) is 0.736. The molecule has 0 aromatic heterocycles. The number of rotatable bonds is 6. The van der Waals surface area contributed by atoms with Crippen LogP contribution in [0.25, 0.3) is 0 Å². The number of likely N-dealkylation sites (N-methyl/N-ethyl adjacent to an activating group) is 1. The Balaban J connectivity index is 2.64. The maximum atomic E-state index is 8.74. The van der Waals surface area contributed by atoms with Gasteiger partial charge in [0.15, 0.2) is 0 Å². The van der Waals surface area contributed by atoms with Crippen molar-refractivity contribution < 1.29 is 4.74 Å². The van der Waals surface area contributed by atoms with Crippen molar-refractivity contribution in [2.75, 3.05) is 20.7 Å². The third kappa shape index (κ3) is 4.76. The van der Waals surface area contributed by atoms with Crippen LogP contribution in [0.4, 0.5) is 0 Å². The Labute approximate surface area is 116 Å². The zero-order chi connectivity index (χ0) is 14.3. The lowest BCUT2D eigenvalue weighted by Gasteiger charge is -2.24. The first-order valence-electron chi connectivity index (χ1n) is 6.47. The van der Waals surface area contributed by atoms with Crippen molar-refractivity contribution in [2.24, 2.45) is 0 Å². The van der Waals surface area contributed by atoms with Gasteiger partial charge in [-0.1, -0.05) is 24.3 Å². The molecule has 0 amide bonds. The summed E-state index contributed by atoms with van der Waals surface area (Å²) in [5.41, 5.74) is 1.97. The highest BCUT2D eigenvalue weighted by atomic mass is 16.5. The van der Waals surface area contributed by atoms with Crippen LogP contribution in [0.2, 0.25) is 0 Å². The van der Waals surface area contributed by atoms with Crippen LogP contribution in [0.15, 0.2) is 35.9 Å². The minimum atomic E-state index is 0.388. The van der Waals surface area contributed by atoms with Crippen LogP contribution in [0, 0.1) is 11.3 Å². The Morgan fingerprint density at radius 1 is 1.47 bits per heavy atom. The maximum Gasteiger partial charge on any atom is 0.122 e. The van der Waals surface area contributed by atoms with E-state index >= 15 is 0 Å². The normalized spacial score (nSPS) is 13.2. The maximum absolute atomic E-state index is 8.74. The molecular formula is C16H22N2O. The van der Waals surface area contributed by atoms with Crippen molar-refractivity contribution >= 4 is 0 Å². The van der Waals surface area contributed by atoms with Gasteiger partial charge in [-0.3, -0.25) is 4.90 Å².